The van der Waals surface area contributed by atoms with Gasteiger partial charge in [0, 0.05) is 29.7 Å². The second-order valence-corrected chi connectivity index (χ2v) is 6.41. The normalized spacial score (nSPS) is 14.7. The van der Waals surface area contributed by atoms with Gasteiger partial charge in [0.1, 0.15) is 12.4 Å². The van der Waals surface area contributed by atoms with Gasteiger partial charge in [0.05, 0.1) is 5.56 Å². The molecule has 6 heteroatoms. The number of para-hydroxylation sites is 1. The van der Waals surface area contributed by atoms with E-state index in [-0.39, 0.29) is 24.4 Å². The summed E-state index contributed by atoms with van der Waals surface area (Å²) in [6, 6.07) is 15.1. The second kappa shape index (κ2) is 9.09. The predicted octanol–water partition coefficient (Wildman–Crippen LogP) is 3.90. The Balaban J connectivity index is 0.00000225. The van der Waals surface area contributed by atoms with Gasteiger partial charge in [0.25, 0.3) is 5.91 Å². The fourth-order valence-corrected chi connectivity index (χ4v) is 3.00. The van der Waals surface area contributed by atoms with Crippen molar-refractivity contribution in [1.29, 1.82) is 0 Å². The van der Waals surface area contributed by atoms with Crippen molar-refractivity contribution in [1.82, 2.24) is 4.90 Å². The quantitative estimate of drug-likeness (QED) is 0.874. The van der Waals surface area contributed by atoms with Gasteiger partial charge < -0.3 is 15.4 Å². The summed E-state index contributed by atoms with van der Waals surface area (Å²) >= 11 is 6.16. The number of hydrogen-bond donors (Lipinski definition) is 1. The highest BCUT2D eigenvalue weighted by Crippen LogP contribution is 2.24. The van der Waals surface area contributed by atoms with Gasteiger partial charge in [-0.15, -0.1) is 12.4 Å². The summed E-state index contributed by atoms with van der Waals surface area (Å²) in [7, 11) is 0. The number of nitrogens with two attached hydrogens (primary N) is 1. The van der Waals surface area contributed by atoms with Crippen LogP contribution in [-0.2, 0) is 6.61 Å². The fraction of sp³-hybridized carbons (Fsp3) is 0.316. The Morgan fingerprint density at radius 1 is 1.12 bits per heavy atom. The highest BCUT2D eigenvalue weighted by atomic mass is 35.5. The zero-order valence-corrected chi connectivity index (χ0v) is 15.4. The molecule has 1 saturated heterocycles. The van der Waals surface area contributed by atoms with Gasteiger partial charge in [-0.1, -0.05) is 41.9 Å². The van der Waals surface area contributed by atoms with Gasteiger partial charge in [-0.05, 0) is 31.0 Å². The average molecular weight is 381 g/mol. The maximum Gasteiger partial charge on any atom is 0.257 e. The zero-order chi connectivity index (χ0) is 16.9. The molecule has 1 aliphatic rings. The first-order valence-corrected chi connectivity index (χ1v) is 8.53. The number of carbonyl (C=O) groups is 1. The predicted molar refractivity (Wildman–Crippen MR) is 103 cm³/mol. The van der Waals surface area contributed by atoms with Crippen LogP contribution in [0.15, 0.2) is 48.5 Å². The van der Waals surface area contributed by atoms with Crippen LogP contribution in [0.2, 0.25) is 5.02 Å². The highest BCUT2D eigenvalue weighted by molar-refractivity contribution is 6.31. The summed E-state index contributed by atoms with van der Waals surface area (Å²) in [6.45, 7) is 1.71. The molecule has 25 heavy (non-hydrogen) atoms. The van der Waals surface area contributed by atoms with Crippen molar-refractivity contribution in [2.24, 2.45) is 5.73 Å². The van der Waals surface area contributed by atoms with Crippen LogP contribution in [0, 0.1) is 0 Å². The minimum absolute atomic E-state index is 0. The number of carbonyl (C=O) groups excluding carboxylic acids is 1. The molecule has 0 atom stereocenters. The van der Waals surface area contributed by atoms with E-state index in [4.69, 9.17) is 22.1 Å². The van der Waals surface area contributed by atoms with Crippen LogP contribution in [0.5, 0.6) is 5.75 Å². The maximum absolute atomic E-state index is 12.8. The Hall–Kier alpha value is -1.75. The van der Waals surface area contributed by atoms with Crippen molar-refractivity contribution in [3.8, 4) is 5.75 Å². The molecule has 1 aliphatic heterocycles. The van der Waals surface area contributed by atoms with Crippen molar-refractivity contribution < 1.29 is 9.53 Å². The van der Waals surface area contributed by atoms with Crippen molar-refractivity contribution in [3.63, 3.8) is 0 Å². The lowest BCUT2D eigenvalue weighted by molar-refractivity contribution is 0.0710. The fourth-order valence-electron chi connectivity index (χ4n) is 2.81. The minimum atomic E-state index is -0.00309. The average Bonchev–Trinajstić information content (AvgIpc) is 2.61. The number of piperidine rings is 1. The van der Waals surface area contributed by atoms with E-state index >= 15 is 0 Å². The van der Waals surface area contributed by atoms with Crippen LogP contribution in [0.1, 0.15) is 28.8 Å². The van der Waals surface area contributed by atoms with Crippen LogP contribution in [0.25, 0.3) is 0 Å². The molecule has 0 unspecified atom stereocenters. The van der Waals surface area contributed by atoms with Crippen molar-refractivity contribution in [3.05, 3.63) is 64.7 Å². The lowest BCUT2D eigenvalue weighted by atomic mass is 10.0. The van der Waals surface area contributed by atoms with E-state index in [0.29, 0.717) is 36.0 Å². The van der Waals surface area contributed by atoms with Crippen LogP contribution >= 0.6 is 24.0 Å². The molecule has 0 radical (unpaired) electrons. The van der Waals surface area contributed by atoms with E-state index in [2.05, 4.69) is 0 Å². The molecule has 1 amide bonds. The van der Waals surface area contributed by atoms with Crippen LogP contribution in [0.4, 0.5) is 0 Å². The minimum Gasteiger partial charge on any atom is -0.488 e. The first kappa shape index (κ1) is 19.6. The van der Waals surface area contributed by atoms with Crippen LogP contribution < -0.4 is 10.5 Å². The topological polar surface area (TPSA) is 55.6 Å². The second-order valence-electron chi connectivity index (χ2n) is 6.01. The number of nitrogens with zero attached hydrogens (tertiary/aromatic N) is 1. The monoisotopic (exact) mass is 380 g/mol. The number of benzene rings is 2. The molecule has 2 N–H and O–H groups in total. The molecule has 0 bridgehead atoms. The molecule has 1 fully saturated rings. The zero-order valence-electron chi connectivity index (χ0n) is 13.9. The smallest absolute Gasteiger partial charge is 0.257 e. The molecule has 2 aromatic rings. The molecule has 1 heterocycles. The summed E-state index contributed by atoms with van der Waals surface area (Å²) in [6.07, 6.45) is 1.68. The lowest BCUT2D eigenvalue weighted by Gasteiger charge is -2.30. The van der Waals surface area contributed by atoms with Gasteiger partial charge in [-0.2, -0.15) is 0 Å². The lowest BCUT2D eigenvalue weighted by Crippen LogP contribution is -2.42. The van der Waals surface area contributed by atoms with Gasteiger partial charge in [0.2, 0.25) is 0 Å². The third-order valence-electron chi connectivity index (χ3n) is 4.29. The number of halogens is 2. The Morgan fingerprint density at radius 3 is 2.48 bits per heavy atom. The largest absolute Gasteiger partial charge is 0.488 e. The Kier molecular flexibility index (Phi) is 7.12. The van der Waals surface area contributed by atoms with E-state index in [9.17, 15) is 4.79 Å². The summed E-state index contributed by atoms with van der Waals surface area (Å²) < 4.78 is 5.88. The van der Waals surface area contributed by atoms with Crippen LogP contribution in [-0.4, -0.2) is 29.9 Å². The van der Waals surface area contributed by atoms with E-state index in [1.807, 2.05) is 47.4 Å². The van der Waals surface area contributed by atoms with Gasteiger partial charge in [-0.3, -0.25) is 4.79 Å². The van der Waals surface area contributed by atoms with E-state index < -0.39 is 0 Å². The highest BCUT2D eigenvalue weighted by Gasteiger charge is 2.23. The summed E-state index contributed by atoms with van der Waals surface area (Å²) in [5.74, 6) is 0.578. The first-order valence-electron chi connectivity index (χ1n) is 8.15. The number of amides is 1. The van der Waals surface area contributed by atoms with Gasteiger partial charge in [-0.25, -0.2) is 0 Å². The van der Waals surface area contributed by atoms with Crippen molar-refractivity contribution >= 4 is 29.9 Å². The Morgan fingerprint density at radius 2 is 1.76 bits per heavy atom. The summed E-state index contributed by atoms with van der Waals surface area (Å²) in [5.41, 5.74) is 7.39. The number of rotatable bonds is 4. The first-order chi connectivity index (χ1) is 11.6. The molecule has 0 saturated carbocycles. The van der Waals surface area contributed by atoms with Gasteiger partial charge in [0.15, 0.2) is 0 Å². The molecule has 0 aromatic heterocycles. The maximum atomic E-state index is 12.8. The summed E-state index contributed by atoms with van der Waals surface area (Å²) in [5, 5.41) is 0.659. The van der Waals surface area contributed by atoms with Crippen molar-refractivity contribution in [2.45, 2.75) is 25.5 Å². The number of ether oxygens (including phenoxy) is 1. The molecule has 0 aliphatic carbocycles. The molecule has 3 rings (SSSR count). The molecular weight excluding hydrogens is 359 g/mol. The molecule has 134 valence electrons. The molecule has 4 nitrogen and oxygen atoms in total. The van der Waals surface area contributed by atoms with E-state index in [1.165, 1.54) is 0 Å². The van der Waals surface area contributed by atoms with Crippen molar-refractivity contribution in [2.75, 3.05) is 13.1 Å². The van der Waals surface area contributed by atoms with Gasteiger partial charge >= 0.3 is 0 Å². The van der Waals surface area contributed by atoms with E-state index in [0.717, 1.165) is 18.4 Å². The third kappa shape index (κ3) is 4.88. The van der Waals surface area contributed by atoms with E-state index in [1.54, 1.807) is 6.07 Å². The molecule has 0 spiro atoms. The SMILES string of the molecule is Cl.NC1CCN(C(=O)c2ccccc2OCc2ccccc2Cl)CC1. The van der Waals surface area contributed by atoms with Crippen LogP contribution in [0.3, 0.4) is 0 Å². The third-order valence-corrected chi connectivity index (χ3v) is 4.65. The Labute approximate surface area is 159 Å². The molecule has 2 aromatic carbocycles. The number of likely N-dealkylation sites (tertiary alicyclic amines) is 1. The summed E-state index contributed by atoms with van der Waals surface area (Å²) in [4.78, 5) is 14.6. The standard InChI is InChI=1S/C19H21ClN2O2.ClH/c20-17-7-3-1-5-14(17)13-24-18-8-4-2-6-16(18)19(23)22-11-9-15(21)10-12-22;/h1-8,15H,9-13,21H2;1H. The molecular formula is C19H22Cl2N2O2. The Bertz CT molecular complexity index is 716. The number of hydrogen-bond acceptors (Lipinski definition) is 3.